The molecule has 0 N–H and O–H groups in total. The van der Waals surface area contributed by atoms with Crippen LogP contribution in [0.15, 0.2) is 54.6 Å². The molecule has 0 spiro atoms. The van der Waals surface area contributed by atoms with Crippen LogP contribution in [0.5, 0.6) is 17.2 Å². The first-order valence-corrected chi connectivity index (χ1v) is 12.2. The fourth-order valence-corrected chi connectivity index (χ4v) is 4.46. The van der Waals surface area contributed by atoms with Crippen LogP contribution >= 0.6 is 11.6 Å². The lowest BCUT2D eigenvalue weighted by atomic mass is 10.1. The first-order chi connectivity index (χ1) is 17.7. The van der Waals surface area contributed by atoms with Crippen LogP contribution in [0.3, 0.4) is 0 Å². The van der Waals surface area contributed by atoms with Crippen molar-refractivity contribution >= 4 is 34.4 Å². The number of aromatic nitrogens is 1. The summed E-state index contributed by atoms with van der Waals surface area (Å²) in [5, 5.41) is 1.02. The topological polar surface area (TPSA) is 76.0 Å². The number of carbonyl (C=O) groups excluding carboxylic acids is 2. The van der Waals surface area contributed by atoms with Gasteiger partial charge in [0.05, 0.1) is 29.8 Å². The number of nitrogens with zero attached hydrogens (tertiary/aromatic N) is 1. The Morgan fingerprint density at radius 2 is 1.73 bits per heavy atom. The predicted molar refractivity (Wildman–Crippen MR) is 143 cm³/mol. The summed E-state index contributed by atoms with van der Waals surface area (Å²) in [6.45, 7) is 7.41. The molecule has 0 amide bonds. The fourth-order valence-electron chi connectivity index (χ4n) is 4.21. The second-order valence-corrected chi connectivity index (χ2v) is 8.95. The average molecular weight is 522 g/mol. The lowest BCUT2D eigenvalue weighted by molar-refractivity contribution is -0.136. The van der Waals surface area contributed by atoms with Crippen LogP contribution in [-0.2, 0) is 9.53 Å². The summed E-state index contributed by atoms with van der Waals surface area (Å²) in [5.74, 6) is 0.434. The quantitative estimate of drug-likeness (QED) is 0.198. The lowest BCUT2D eigenvalue weighted by Crippen LogP contribution is -2.18. The maximum atomic E-state index is 12.9. The molecular weight excluding hydrogens is 494 g/mol. The highest BCUT2D eigenvalue weighted by Gasteiger charge is 2.23. The molecule has 4 rings (SSSR count). The van der Waals surface area contributed by atoms with Gasteiger partial charge in [0.1, 0.15) is 17.2 Å². The molecule has 1 aromatic heterocycles. The lowest BCUT2D eigenvalue weighted by Gasteiger charge is -2.12. The third-order valence-electron chi connectivity index (χ3n) is 5.97. The van der Waals surface area contributed by atoms with Crippen LogP contribution in [0.25, 0.3) is 16.6 Å². The molecule has 0 bridgehead atoms. The second kappa shape index (κ2) is 11.0. The Kier molecular flexibility index (Phi) is 7.74. The van der Waals surface area contributed by atoms with Gasteiger partial charge in [0.2, 0.25) is 0 Å². The van der Waals surface area contributed by atoms with Gasteiger partial charge in [-0.3, -0.25) is 0 Å². The van der Waals surface area contributed by atoms with E-state index in [0.29, 0.717) is 33.2 Å². The SMILES string of the molecule is CCOC(=O)c1c(C)n(-c2ccc(OC)c(Cl)c2)c2ccc(OC(=O)COc3cc(C)ccc3C)cc12. The van der Waals surface area contributed by atoms with Crippen molar-refractivity contribution in [3.05, 3.63) is 82.0 Å². The molecule has 0 atom stereocenters. The predicted octanol–water partition coefficient (Wildman–Crippen LogP) is 6.38. The van der Waals surface area contributed by atoms with Gasteiger partial charge in [-0.05, 0) is 81.3 Å². The molecule has 1 heterocycles. The van der Waals surface area contributed by atoms with E-state index < -0.39 is 11.9 Å². The highest BCUT2D eigenvalue weighted by molar-refractivity contribution is 6.32. The van der Waals surface area contributed by atoms with Gasteiger partial charge in [0.25, 0.3) is 0 Å². The number of halogens is 1. The zero-order chi connectivity index (χ0) is 26.7. The van der Waals surface area contributed by atoms with E-state index in [1.807, 2.05) is 49.6 Å². The van der Waals surface area contributed by atoms with Crippen LogP contribution in [0.2, 0.25) is 5.02 Å². The molecule has 4 aromatic rings. The van der Waals surface area contributed by atoms with Gasteiger partial charge in [-0.15, -0.1) is 0 Å². The highest BCUT2D eigenvalue weighted by atomic mass is 35.5. The van der Waals surface area contributed by atoms with E-state index in [9.17, 15) is 9.59 Å². The molecule has 192 valence electrons. The maximum Gasteiger partial charge on any atom is 0.349 e. The first-order valence-electron chi connectivity index (χ1n) is 11.8. The van der Waals surface area contributed by atoms with E-state index in [0.717, 1.165) is 22.3 Å². The number of benzene rings is 3. The standard InChI is InChI=1S/C29H28ClNO6/c1-6-35-29(33)28-19(4)31(20-9-12-25(34-5)23(30)14-20)24-11-10-21(15-22(24)28)37-27(32)16-36-26-13-17(2)7-8-18(26)3/h7-15H,6,16H2,1-5H3. The summed E-state index contributed by atoms with van der Waals surface area (Å²) in [6.07, 6.45) is 0. The Bertz CT molecular complexity index is 1490. The Morgan fingerprint density at radius 3 is 2.43 bits per heavy atom. The third kappa shape index (κ3) is 5.42. The molecule has 3 aromatic carbocycles. The van der Waals surface area contributed by atoms with Crippen LogP contribution in [0, 0.1) is 20.8 Å². The molecular formula is C29H28ClNO6. The number of esters is 2. The summed E-state index contributed by atoms with van der Waals surface area (Å²) >= 11 is 6.38. The number of rotatable bonds is 8. The summed E-state index contributed by atoms with van der Waals surface area (Å²) in [5.41, 5.74) is 4.48. The van der Waals surface area contributed by atoms with Gasteiger partial charge in [-0.2, -0.15) is 0 Å². The minimum Gasteiger partial charge on any atom is -0.495 e. The Balaban J connectivity index is 1.68. The number of carbonyl (C=O) groups is 2. The van der Waals surface area contributed by atoms with E-state index in [1.165, 1.54) is 0 Å². The normalized spacial score (nSPS) is 10.9. The third-order valence-corrected chi connectivity index (χ3v) is 6.26. The summed E-state index contributed by atoms with van der Waals surface area (Å²) in [4.78, 5) is 25.5. The largest absolute Gasteiger partial charge is 0.495 e. The zero-order valence-electron chi connectivity index (χ0n) is 21.4. The molecule has 0 radical (unpaired) electrons. The van der Waals surface area contributed by atoms with Gasteiger partial charge < -0.3 is 23.5 Å². The van der Waals surface area contributed by atoms with Crippen molar-refractivity contribution in [1.29, 1.82) is 0 Å². The van der Waals surface area contributed by atoms with Crippen molar-refractivity contribution in [2.75, 3.05) is 20.3 Å². The Labute approximate surface area is 220 Å². The number of fused-ring (bicyclic) bond motifs is 1. The van der Waals surface area contributed by atoms with Crippen LogP contribution < -0.4 is 14.2 Å². The highest BCUT2D eigenvalue weighted by Crippen LogP contribution is 2.35. The molecule has 0 aliphatic rings. The monoisotopic (exact) mass is 521 g/mol. The average Bonchev–Trinajstić information content (AvgIpc) is 3.15. The van der Waals surface area contributed by atoms with Crippen molar-refractivity contribution in [3.63, 3.8) is 0 Å². The van der Waals surface area contributed by atoms with Crippen LogP contribution in [0.1, 0.15) is 34.1 Å². The molecule has 0 saturated heterocycles. The van der Waals surface area contributed by atoms with E-state index in [2.05, 4.69) is 0 Å². The molecule has 0 aliphatic carbocycles. The van der Waals surface area contributed by atoms with Crippen LogP contribution in [0.4, 0.5) is 0 Å². The smallest absolute Gasteiger partial charge is 0.349 e. The van der Waals surface area contributed by atoms with Crippen molar-refractivity contribution < 1.29 is 28.5 Å². The van der Waals surface area contributed by atoms with Crippen molar-refractivity contribution in [3.8, 4) is 22.9 Å². The number of ether oxygens (including phenoxy) is 4. The van der Waals surface area contributed by atoms with Crippen molar-refractivity contribution in [2.24, 2.45) is 0 Å². The summed E-state index contributed by atoms with van der Waals surface area (Å²) in [6, 6.07) is 16.3. The first kappa shape index (κ1) is 26.1. The van der Waals surface area contributed by atoms with E-state index >= 15 is 0 Å². The van der Waals surface area contributed by atoms with E-state index in [1.54, 1.807) is 44.4 Å². The number of hydrogen-bond acceptors (Lipinski definition) is 6. The van der Waals surface area contributed by atoms with E-state index in [-0.39, 0.29) is 19.0 Å². The van der Waals surface area contributed by atoms with Gasteiger partial charge in [0.15, 0.2) is 6.61 Å². The van der Waals surface area contributed by atoms with Crippen LogP contribution in [-0.4, -0.2) is 36.8 Å². The number of aryl methyl sites for hydroxylation is 2. The van der Waals surface area contributed by atoms with Crippen molar-refractivity contribution in [2.45, 2.75) is 27.7 Å². The van der Waals surface area contributed by atoms with Gasteiger partial charge in [0, 0.05) is 16.8 Å². The molecule has 7 nitrogen and oxygen atoms in total. The maximum absolute atomic E-state index is 12.9. The van der Waals surface area contributed by atoms with Crippen molar-refractivity contribution in [1.82, 2.24) is 4.57 Å². The zero-order valence-corrected chi connectivity index (χ0v) is 22.1. The number of methoxy groups -OCH3 is 1. The van der Waals surface area contributed by atoms with E-state index in [4.69, 9.17) is 30.5 Å². The Hall–Kier alpha value is -3.97. The summed E-state index contributed by atoms with van der Waals surface area (Å²) < 4.78 is 23.7. The minimum absolute atomic E-state index is 0.226. The fraction of sp³-hybridized carbons (Fsp3) is 0.241. The summed E-state index contributed by atoms with van der Waals surface area (Å²) in [7, 11) is 1.55. The molecule has 0 fully saturated rings. The van der Waals surface area contributed by atoms with Gasteiger partial charge in [-0.25, -0.2) is 9.59 Å². The Morgan fingerprint density at radius 1 is 0.946 bits per heavy atom. The van der Waals surface area contributed by atoms with Gasteiger partial charge in [-0.1, -0.05) is 23.7 Å². The molecule has 37 heavy (non-hydrogen) atoms. The van der Waals surface area contributed by atoms with Gasteiger partial charge >= 0.3 is 11.9 Å². The molecule has 0 aliphatic heterocycles. The molecule has 0 unspecified atom stereocenters. The minimum atomic E-state index is -0.559. The molecule has 8 heteroatoms. The molecule has 0 saturated carbocycles. The number of hydrogen-bond donors (Lipinski definition) is 0. The second-order valence-electron chi connectivity index (χ2n) is 8.55.